The molecular formula is C21H17F3O3. The van der Waals surface area contributed by atoms with Crippen LogP contribution < -0.4 is 9.47 Å². The minimum atomic E-state index is -0.778. The maximum absolute atomic E-state index is 14.6. The van der Waals surface area contributed by atoms with Gasteiger partial charge in [0.2, 0.25) is 0 Å². The van der Waals surface area contributed by atoms with Crippen molar-refractivity contribution in [1.82, 2.24) is 0 Å². The SMILES string of the molecule is COc1ccc(Cc2c(O)cc(-c3cc(F)cc(F)c3)cc2F)cc1OC. The van der Waals surface area contributed by atoms with Crippen LogP contribution in [0.5, 0.6) is 17.2 Å². The highest BCUT2D eigenvalue weighted by molar-refractivity contribution is 5.66. The van der Waals surface area contributed by atoms with Gasteiger partial charge in [0.15, 0.2) is 11.5 Å². The van der Waals surface area contributed by atoms with Crippen LogP contribution in [0.15, 0.2) is 48.5 Å². The van der Waals surface area contributed by atoms with Crippen LogP contribution in [0, 0.1) is 17.5 Å². The molecule has 27 heavy (non-hydrogen) atoms. The van der Waals surface area contributed by atoms with Gasteiger partial charge in [-0.05, 0) is 53.1 Å². The van der Waals surface area contributed by atoms with Crippen molar-refractivity contribution < 1.29 is 27.8 Å². The van der Waals surface area contributed by atoms with Crippen LogP contribution in [0.25, 0.3) is 11.1 Å². The Labute approximate surface area is 154 Å². The Morgan fingerprint density at radius 2 is 1.41 bits per heavy atom. The molecule has 0 heterocycles. The molecule has 0 spiro atoms. The van der Waals surface area contributed by atoms with Crippen LogP contribution in [-0.4, -0.2) is 19.3 Å². The Kier molecular flexibility index (Phi) is 5.26. The number of rotatable bonds is 5. The maximum Gasteiger partial charge on any atom is 0.160 e. The first kappa shape index (κ1) is 18.6. The Bertz CT molecular complexity index is 943. The van der Waals surface area contributed by atoms with Crippen molar-refractivity contribution in [2.45, 2.75) is 6.42 Å². The fraction of sp³-hybridized carbons (Fsp3) is 0.143. The monoisotopic (exact) mass is 374 g/mol. The third kappa shape index (κ3) is 4.00. The molecule has 0 saturated heterocycles. The lowest BCUT2D eigenvalue weighted by molar-refractivity contribution is 0.354. The van der Waals surface area contributed by atoms with E-state index in [-0.39, 0.29) is 28.9 Å². The zero-order valence-corrected chi connectivity index (χ0v) is 14.7. The van der Waals surface area contributed by atoms with E-state index in [2.05, 4.69) is 0 Å². The molecule has 0 atom stereocenters. The van der Waals surface area contributed by atoms with Crippen molar-refractivity contribution in [2.75, 3.05) is 14.2 Å². The van der Waals surface area contributed by atoms with Crippen LogP contribution in [-0.2, 0) is 6.42 Å². The third-order valence-electron chi connectivity index (χ3n) is 4.20. The highest BCUT2D eigenvalue weighted by atomic mass is 19.1. The van der Waals surface area contributed by atoms with E-state index in [0.717, 1.165) is 24.3 Å². The summed E-state index contributed by atoms with van der Waals surface area (Å²) in [6.07, 6.45) is 0.107. The lowest BCUT2D eigenvalue weighted by atomic mass is 9.98. The number of methoxy groups -OCH3 is 2. The van der Waals surface area contributed by atoms with Crippen molar-refractivity contribution in [2.24, 2.45) is 0 Å². The average molecular weight is 374 g/mol. The third-order valence-corrected chi connectivity index (χ3v) is 4.20. The summed E-state index contributed by atoms with van der Waals surface area (Å²) in [4.78, 5) is 0. The standard InChI is InChI=1S/C21H17F3O3/c1-26-20-4-3-12(6-21(20)27-2)5-17-18(24)9-14(10-19(17)25)13-7-15(22)11-16(23)8-13/h3-4,6-11,25H,5H2,1-2H3. The molecule has 3 aromatic rings. The van der Waals surface area contributed by atoms with E-state index in [0.29, 0.717) is 17.1 Å². The smallest absolute Gasteiger partial charge is 0.160 e. The summed E-state index contributed by atoms with van der Waals surface area (Å²) in [6.45, 7) is 0. The molecule has 0 radical (unpaired) electrons. The molecule has 0 amide bonds. The average Bonchev–Trinajstić information content (AvgIpc) is 2.63. The van der Waals surface area contributed by atoms with Crippen LogP contribution >= 0.6 is 0 Å². The molecule has 3 aromatic carbocycles. The number of phenolic OH excluding ortho intramolecular Hbond substituents is 1. The second-order valence-corrected chi connectivity index (χ2v) is 5.98. The highest BCUT2D eigenvalue weighted by Crippen LogP contribution is 2.33. The minimum Gasteiger partial charge on any atom is -0.508 e. The molecule has 0 aliphatic heterocycles. The first-order valence-electron chi connectivity index (χ1n) is 8.10. The lowest BCUT2D eigenvalue weighted by Crippen LogP contribution is -1.97. The molecule has 0 aromatic heterocycles. The van der Waals surface area contributed by atoms with Crippen LogP contribution in [0.4, 0.5) is 13.2 Å². The summed E-state index contributed by atoms with van der Waals surface area (Å²) < 4.78 is 51.8. The van der Waals surface area contributed by atoms with Crippen LogP contribution in [0.3, 0.4) is 0 Å². The summed E-state index contributed by atoms with van der Waals surface area (Å²) >= 11 is 0. The Morgan fingerprint density at radius 1 is 0.778 bits per heavy atom. The minimum absolute atomic E-state index is 0.0721. The van der Waals surface area contributed by atoms with Crippen LogP contribution in [0.1, 0.15) is 11.1 Å². The van der Waals surface area contributed by atoms with E-state index < -0.39 is 17.5 Å². The maximum atomic E-state index is 14.6. The fourth-order valence-electron chi connectivity index (χ4n) is 2.88. The molecule has 0 saturated carbocycles. The van der Waals surface area contributed by atoms with Gasteiger partial charge in [-0.25, -0.2) is 13.2 Å². The second-order valence-electron chi connectivity index (χ2n) is 5.98. The number of phenols is 1. The summed E-state index contributed by atoms with van der Waals surface area (Å²) in [5, 5.41) is 10.3. The Balaban J connectivity index is 1.96. The van der Waals surface area contributed by atoms with Crippen LogP contribution in [0.2, 0.25) is 0 Å². The van der Waals surface area contributed by atoms with E-state index in [4.69, 9.17) is 9.47 Å². The zero-order valence-electron chi connectivity index (χ0n) is 14.7. The van der Waals surface area contributed by atoms with Crippen molar-refractivity contribution in [3.8, 4) is 28.4 Å². The molecule has 3 nitrogen and oxygen atoms in total. The van der Waals surface area contributed by atoms with Gasteiger partial charge in [-0.2, -0.15) is 0 Å². The van der Waals surface area contributed by atoms with Gasteiger partial charge in [-0.3, -0.25) is 0 Å². The molecule has 0 unspecified atom stereocenters. The summed E-state index contributed by atoms with van der Waals surface area (Å²) in [7, 11) is 3.00. The predicted molar refractivity (Wildman–Crippen MR) is 95.8 cm³/mol. The van der Waals surface area contributed by atoms with Crippen molar-refractivity contribution in [3.05, 3.63) is 77.1 Å². The van der Waals surface area contributed by atoms with Gasteiger partial charge >= 0.3 is 0 Å². The number of hydrogen-bond acceptors (Lipinski definition) is 3. The zero-order chi connectivity index (χ0) is 19.6. The molecule has 140 valence electrons. The molecule has 1 N–H and O–H groups in total. The number of benzene rings is 3. The molecule has 6 heteroatoms. The van der Waals surface area contributed by atoms with Gasteiger partial charge < -0.3 is 14.6 Å². The number of ether oxygens (including phenoxy) is 2. The van der Waals surface area contributed by atoms with Crippen molar-refractivity contribution >= 4 is 0 Å². The molecule has 0 bridgehead atoms. The van der Waals surface area contributed by atoms with Gasteiger partial charge in [-0.1, -0.05) is 6.07 Å². The normalized spacial score (nSPS) is 10.7. The van der Waals surface area contributed by atoms with E-state index in [1.807, 2.05) is 0 Å². The van der Waals surface area contributed by atoms with Gasteiger partial charge in [0.05, 0.1) is 14.2 Å². The second kappa shape index (κ2) is 7.61. The summed E-state index contributed by atoms with van der Waals surface area (Å²) in [6, 6.07) is 10.4. The molecule has 0 aliphatic rings. The largest absolute Gasteiger partial charge is 0.508 e. The van der Waals surface area contributed by atoms with Gasteiger partial charge in [0.1, 0.15) is 23.2 Å². The summed E-state index contributed by atoms with van der Waals surface area (Å²) in [5.74, 6) is -1.51. The first-order chi connectivity index (χ1) is 12.9. The first-order valence-corrected chi connectivity index (χ1v) is 8.10. The van der Waals surface area contributed by atoms with Crippen molar-refractivity contribution in [3.63, 3.8) is 0 Å². The number of aromatic hydroxyl groups is 1. The van der Waals surface area contributed by atoms with E-state index in [9.17, 15) is 18.3 Å². The molecule has 0 aliphatic carbocycles. The predicted octanol–water partition coefficient (Wildman–Crippen LogP) is 5.08. The lowest BCUT2D eigenvalue weighted by Gasteiger charge is -2.12. The van der Waals surface area contributed by atoms with Crippen molar-refractivity contribution in [1.29, 1.82) is 0 Å². The molecule has 3 rings (SSSR count). The Hall–Kier alpha value is -3.15. The van der Waals surface area contributed by atoms with E-state index in [1.165, 1.54) is 20.3 Å². The quantitative estimate of drug-likeness (QED) is 0.677. The molecule has 0 fully saturated rings. The van der Waals surface area contributed by atoms with E-state index >= 15 is 0 Å². The number of halogens is 3. The topological polar surface area (TPSA) is 38.7 Å². The van der Waals surface area contributed by atoms with Gasteiger partial charge in [0.25, 0.3) is 0 Å². The Morgan fingerprint density at radius 3 is 2.00 bits per heavy atom. The number of hydrogen-bond donors (Lipinski definition) is 1. The van der Waals surface area contributed by atoms with E-state index in [1.54, 1.807) is 18.2 Å². The molecular weight excluding hydrogens is 357 g/mol. The highest BCUT2D eigenvalue weighted by Gasteiger charge is 2.15. The van der Waals surface area contributed by atoms with Gasteiger partial charge in [-0.15, -0.1) is 0 Å². The fourth-order valence-corrected chi connectivity index (χ4v) is 2.88. The summed E-state index contributed by atoms with van der Waals surface area (Å²) in [5.41, 5.74) is 1.09. The van der Waals surface area contributed by atoms with Gasteiger partial charge in [0, 0.05) is 18.1 Å².